The molecule has 0 heterocycles. The predicted octanol–water partition coefficient (Wildman–Crippen LogP) is 0.555. The molecule has 0 aliphatic carbocycles. The zero-order chi connectivity index (χ0) is 11.0. The first-order valence-electron chi connectivity index (χ1n) is 4.53. The topological polar surface area (TPSA) is 83.8 Å². The number of aliphatic hydroxyl groups is 1. The van der Waals surface area contributed by atoms with Gasteiger partial charge in [-0.25, -0.2) is 0 Å². The minimum Gasteiger partial charge on any atom is -0.481 e. The van der Waals surface area contributed by atoms with Crippen molar-refractivity contribution in [2.24, 2.45) is 0 Å². The third kappa shape index (κ3) is 7.54. The molecule has 0 saturated heterocycles. The van der Waals surface area contributed by atoms with E-state index in [0.717, 1.165) is 0 Å². The Hall–Kier alpha value is -1.10. The summed E-state index contributed by atoms with van der Waals surface area (Å²) < 4.78 is 4.43. The number of unbranched alkanes of at least 4 members (excludes halogenated alkanes) is 1. The van der Waals surface area contributed by atoms with Crippen molar-refractivity contribution in [3.63, 3.8) is 0 Å². The molecule has 0 aliphatic rings. The Morgan fingerprint density at radius 2 is 2.00 bits per heavy atom. The lowest BCUT2D eigenvalue weighted by atomic mass is 10.1. The Kier molecular flexibility index (Phi) is 6.74. The Morgan fingerprint density at radius 3 is 2.50 bits per heavy atom. The zero-order valence-electron chi connectivity index (χ0n) is 8.23. The molecule has 0 aromatic carbocycles. The molecule has 5 heteroatoms. The van der Waals surface area contributed by atoms with Gasteiger partial charge in [0, 0.05) is 6.42 Å². The summed E-state index contributed by atoms with van der Waals surface area (Å²) in [5, 5.41) is 17.5. The molecule has 82 valence electrons. The van der Waals surface area contributed by atoms with Crippen molar-refractivity contribution >= 4 is 11.9 Å². The van der Waals surface area contributed by atoms with Crippen molar-refractivity contribution in [3.05, 3.63) is 0 Å². The van der Waals surface area contributed by atoms with Gasteiger partial charge >= 0.3 is 11.9 Å². The fraction of sp³-hybridized carbons (Fsp3) is 0.778. The van der Waals surface area contributed by atoms with E-state index in [9.17, 15) is 9.59 Å². The Balaban J connectivity index is 3.35. The van der Waals surface area contributed by atoms with Crippen molar-refractivity contribution in [1.82, 2.24) is 0 Å². The molecule has 0 aromatic rings. The molecule has 0 saturated carbocycles. The molecule has 1 unspecified atom stereocenters. The highest BCUT2D eigenvalue weighted by Gasteiger charge is 2.09. The zero-order valence-corrected chi connectivity index (χ0v) is 8.23. The number of aliphatic hydroxyl groups excluding tert-OH is 1. The van der Waals surface area contributed by atoms with E-state index in [1.165, 1.54) is 7.11 Å². The smallest absolute Gasteiger partial charge is 0.305 e. The minimum absolute atomic E-state index is 0.238. The van der Waals surface area contributed by atoms with Crippen LogP contribution in [0.2, 0.25) is 0 Å². The average Bonchev–Trinajstić information content (AvgIpc) is 2.10. The molecule has 0 amide bonds. The number of esters is 1. The van der Waals surface area contributed by atoms with Crippen LogP contribution in [0, 0.1) is 0 Å². The average molecular weight is 204 g/mol. The quantitative estimate of drug-likeness (QED) is 0.467. The lowest BCUT2D eigenvalue weighted by Crippen LogP contribution is -2.12. The third-order valence-electron chi connectivity index (χ3n) is 1.81. The SMILES string of the molecule is COC(=O)CCCCC(O)CC(=O)O. The van der Waals surface area contributed by atoms with Gasteiger partial charge in [0.1, 0.15) is 0 Å². The highest BCUT2D eigenvalue weighted by atomic mass is 16.5. The number of carbonyl (C=O) groups is 2. The molecule has 0 spiro atoms. The second-order valence-corrected chi connectivity index (χ2v) is 3.07. The maximum Gasteiger partial charge on any atom is 0.305 e. The Bertz CT molecular complexity index is 190. The van der Waals surface area contributed by atoms with E-state index in [1.54, 1.807) is 0 Å². The summed E-state index contributed by atoms with van der Waals surface area (Å²) in [5.74, 6) is -1.29. The first-order valence-corrected chi connectivity index (χ1v) is 4.53. The summed E-state index contributed by atoms with van der Waals surface area (Å²) >= 11 is 0. The first kappa shape index (κ1) is 12.9. The molecule has 5 nitrogen and oxygen atoms in total. The number of carboxylic acids is 1. The monoisotopic (exact) mass is 204 g/mol. The van der Waals surface area contributed by atoms with Gasteiger partial charge in [-0.2, -0.15) is 0 Å². The van der Waals surface area contributed by atoms with E-state index in [2.05, 4.69) is 4.74 Å². The second kappa shape index (κ2) is 7.32. The van der Waals surface area contributed by atoms with Crippen molar-refractivity contribution in [2.75, 3.05) is 7.11 Å². The van der Waals surface area contributed by atoms with Crippen molar-refractivity contribution in [3.8, 4) is 0 Å². The van der Waals surface area contributed by atoms with Gasteiger partial charge in [0.05, 0.1) is 19.6 Å². The van der Waals surface area contributed by atoms with Crippen LogP contribution in [-0.2, 0) is 14.3 Å². The number of aliphatic carboxylic acids is 1. The standard InChI is InChI=1S/C9H16O5/c1-14-9(13)5-3-2-4-7(10)6-8(11)12/h7,10H,2-6H2,1H3,(H,11,12). The predicted molar refractivity (Wildman–Crippen MR) is 48.7 cm³/mol. The van der Waals surface area contributed by atoms with Crippen LogP contribution in [-0.4, -0.2) is 35.4 Å². The number of carbonyl (C=O) groups excluding carboxylic acids is 1. The first-order chi connectivity index (χ1) is 6.56. The fourth-order valence-corrected chi connectivity index (χ4v) is 1.05. The molecule has 2 N–H and O–H groups in total. The van der Waals surface area contributed by atoms with E-state index in [0.29, 0.717) is 25.7 Å². The van der Waals surface area contributed by atoms with Crippen LogP contribution in [0.1, 0.15) is 32.1 Å². The lowest BCUT2D eigenvalue weighted by molar-refractivity contribution is -0.141. The van der Waals surface area contributed by atoms with Crippen LogP contribution in [0.15, 0.2) is 0 Å². The number of rotatable bonds is 7. The van der Waals surface area contributed by atoms with Crippen molar-refractivity contribution in [2.45, 2.75) is 38.2 Å². The summed E-state index contributed by atoms with van der Waals surface area (Å²) in [6.07, 6.45) is 0.912. The van der Waals surface area contributed by atoms with Crippen LogP contribution in [0.5, 0.6) is 0 Å². The molecule has 0 aliphatic heterocycles. The summed E-state index contributed by atoms with van der Waals surface area (Å²) in [6, 6.07) is 0. The van der Waals surface area contributed by atoms with Gasteiger partial charge in [0.15, 0.2) is 0 Å². The van der Waals surface area contributed by atoms with Gasteiger partial charge in [-0.15, -0.1) is 0 Å². The summed E-state index contributed by atoms with van der Waals surface area (Å²) in [6.45, 7) is 0. The van der Waals surface area contributed by atoms with Gasteiger partial charge in [-0.3, -0.25) is 9.59 Å². The third-order valence-corrected chi connectivity index (χ3v) is 1.81. The summed E-state index contributed by atoms with van der Waals surface area (Å²) in [7, 11) is 1.32. The lowest BCUT2D eigenvalue weighted by Gasteiger charge is -2.06. The minimum atomic E-state index is -1.01. The number of ether oxygens (including phenoxy) is 1. The van der Waals surface area contributed by atoms with E-state index in [1.807, 2.05) is 0 Å². The maximum absolute atomic E-state index is 10.7. The van der Waals surface area contributed by atoms with Gasteiger partial charge in [-0.05, 0) is 12.8 Å². The normalized spacial score (nSPS) is 12.1. The number of hydrogen-bond donors (Lipinski definition) is 2. The largest absolute Gasteiger partial charge is 0.481 e. The summed E-state index contributed by atoms with van der Waals surface area (Å²) in [4.78, 5) is 20.8. The van der Waals surface area contributed by atoms with E-state index < -0.39 is 12.1 Å². The van der Waals surface area contributed by atoms with Crippen LogP contribution >= 0.6 is 0 Å². The number of carboxylic acid groups (broad SMARTS) is 1. The van der Waals surface area contributed by atoms with E-state index >= 15 is 0 Å². The number of hydrogen-bond acceptors (Lipinski definition) is 4. The molecular formula is C9H16O5. The van der Waals surface area contributed by atoms with E-state index in [4.69, 9.17) is 10.2 Å². The van der Waals surface area contributed by atoms with Gasteiger partial charge in [0.25, 0.3) is 0 Å². The van der Waals surface area contributed by atoms with Crippen LogP contribution in [0.4, 0.5) is 0 Å². The van der Waals surface area contributed by atoms with Crippen LogP contribution in [0.3, 0.4) is 0 Å². The maximum atomic E-state index is 10.7. The molecule has 1 atom stereocenters. The van der Waals surface area contributed by atoms with Crippen molar-refractivity contribution < 1.29 is 24.5 Å². The molecule has 0 fully saturated rings. The molecule has 0 rings (SSSR count). The molecule has 14 heavy (non-hydrogen) atoms. The fourth-order valence-electron chi connectivity index (χ4n) is 1.05. The Labute approximate surface area is 82.7 Å². The molecule has 0 bridgehead atoms. The highest BCUT2D eigenvalue weighted by Crippen LogP contribution is 2.06. The molecule has 0 radical (unpaired) electrons. The van der Waals surface area contributed by atoms with Gasteiger partial charge in [-0.1, -0.05) is 6.42 Å². The highest BCUT2D eigenvalue weighted by molar-refractivity contribution is 5.69. The molecular weight excluding hydrogens is 188 g/mol. The van der Waals surface area contributed by atoms with Gasteiger partial charge < -0.3 is 14.9 Å². The van der Waals surface area contributed by atoms with Crippen LogP contribution < -0.4 is 0 Å². The van der Waals surface area contributed by atoms with E-state index in [-0.39, 0.29) is 12.4 Å². The van der Waals surface area contributed by atoms with Crippen LogP contribution in [0.25, 0.3) is 0 Å². The summed E-state index contributed by atoms with van der Waals surface area (Å²) in [5.41, 5.74) is 0. The Morgan fingerprint density at radius 1 is 1.36 bits per heavy atom. The number of methoxy groups -OCH3 is 1. The second-order valence-electron chi connectivity index (χ2n) is 3.07. The molecule has 0 aromatic heterocycles. The van der Waals surface area contributed by atoms with Crippen molar-refractivity contribution in [1.29, 1.82) is 0 Å². The van der Waals surface area contributed by atoms with Gasteiger partial charge in [0.2, 0.25) is 0 Å².